The molecule has 0 saturated heterocycles. The zero-order valence-electron chi connectivity index (χ0n) is 10.0. The molecule has 0 heterocycles. The molecule has 0 aliphatic carbocycles. The van der Waals surface area contributed by atoms with Gasteiger partial charge in [0.15, 0.2) is 0 Å². The Morgan fingerprint density at radius 2 is 2.00 bits per heavy atom. The largest absolute Gasteiger partial charge is 0.322 e. The SMILES string of the molecule is Cc1ccc(NC(=O)c2cc(Cl)cc(Br)c2)cc1I. The highest BCUT2D eigenvalue weighted by atomic mass is 127. The van der Waals surface area contributed by atoms with E-state index in [1.807, 2.05) is 25.1 Å². The van der Waals surface area contributed by atoms with Crippen LogP contribution in [0.15, 0.2) is 40.9 Å². The van der Waals surface area contributed by atoms with Crippen LogP contribution < -0.4 is 5.32 Å². The molecule has 1 N–H and O–H groups in total. The quantitative estimate of drug-likeness (QED) is 0.621. The predicted molar refractivity (Wildman–Crippen MR) is 91.0 cm³/mol. The summed E-state index contributed by atoms with van der Waals surface area (Å²) >= 11 is 11.5. The summed E-state index contributed by atoms with van der Waals surface area (Å²) < 4.78 is 1.89. The Balaban J connectivity index is 2.22. The highest BCUT2D eigenvalue weighted by molar-refractivity contribution is 14.1. The molecule has 0 aliphatic rings. The molecule has 2 rings (SSSR count). The molecule has 19 heavy (non-hydrogen) atoms. The van der Waals surface area contributed by atoms with E-state index in [1.165, 1.54) is 5.56 Å². The zero-order chi connectivity index (χ0) is 14.0. The smallest absolute Gasteiger partial charge is 0.255 e. The highest BCUT2D eigenvalue weighted by Gasteiger charge is 2.08. The van der Waals surface area contributed by atoms with Gasteiger partial charge in [0.05, 0.1) is 0 Å². The number of anilines is 1. The van der Waals surface area contributed by atoms with Crippen LogP contribution >= 0.6 is 50.1 Å². The maximum absolute atomic E-state index is 12.1. The molecule has 0 unspecified atom stereocenters. The van der Waals surface area contributed by atoms with Crippen molar-refractivity contribution < 1.29 is 4.79 Å². The number of benzene rings is 2. The van der Waals surface area contributed by atoms with E-state index in [4.69, 9.17) is 11.6 Å². The Hall–Kier alpha value is -0.590. The third-order valence-electron chi connectivity index (χ3n) is 2.55. The molecule has 0 fully saturated rings. The maximum Gasteiger partial charge on any atom is 0.255 e. The van der Waals surface area contributed by atoms with E-state index in [1.54, 1.807) is 18.2 Å². The Labute approximate surface area is 138 Å². The van der Waals surface area contributed by atoms with Gasteiger partial charge in [0.25, 0.3) is 5.91 Å². The van der Waals surface area contributed by atoms with Gasteiger partial charge in [-0.15, -0.1) is 0 Å². The van der Waals surface area contributed by atoms with Gasteiger partial charge in [0.1, 0.15) is 0 Å². The van der Waals surface area contributed by atoms with Crippen LogP contribution in [0.1, 0.15) is 15.9 Å². The number of rotatable bonds is 2. The number of hydrogen-bond donors (Lipinski definition) is 1. The first-order chi connectivity index (χ1) is 8.95. The van der Waals surface area contributed by atoms with Crippen LogP contribution in [0.4, 0.5) is 5.69 Å². The predicted octanol–water partition coefficient (Wildman–Crippen LogP) is 5.27. The lowest BCUT2D eigenvalue weighted by molar-refractivity contribution is 0.102. The lowest BCUT2D eigenvalue weighted by Gasteiger charge is -2.08. The number of amides is 1. The average molecular weight is 451 g/mol. The number of nitrogens with one attached hydrogen (secondary N) is 1. The summed E-state index contributed by atoms with van der Waals surface area (Å²) in [7, 11) is 0. The summed E-state index contributed by atoms with van der Waals surface area (Å²) in [6, 6.07) is 10.9. The molecule has 0 bridgehead atoms. The lowest BCUT2D eigenvalue weighted by atomic mass is 10.2. The van der Waals surface area contributed by atoms with Crippen LogP contribution in [0.5, 0.6) is 0 Å². The summed E-state index contributed by atoms with van der Waals surface area (Å²) in [5.74, 6) is -0.178. The third kappa shape index (κ3) is 3.94. The third-order valence-corrected chi connectivity index (χ3v) is 4.39. The molecule has 0 atom stereocenters. The van der Waals surface area contributed by atoms with E-state index in [0.717, 1.165) is 13.7 Å². The minimum Gasteiger partial charge on any atom is -0.322 e. The molecule has 0 spiro atoms. The first kappa shape index (κ1) is 14.8. The van der Waals surface area contributed by atoms with Crippen LogP contribution in [0.2, 0.25) is 5.02 Å². The molecule has 1 amide bonds. The van der Waals surface area contributed by atoms with Crippen molar-refractivity contribution in [1.82, 2.24) is 0 Å². The fourth-order valence-corrected chi connectivity index (χ4v) is 2.93. The molecule has 0 aromatic heterocycles. The van der Waals surface area contributed by atoms with Crippen molar-refractivity contribution in [2.75, 3.05) is 5.32 Å². The Morgan fingerprint density at radius 3 is 2.63 bits per heavy atom. The van der Waals surface area contributed by atoms with Crippen LogP contribution in [0.3, 0.4) is 0 Å². The van der Waals surface area contributed by atoms with Gasteiger partial charge in [0.2, 0.25) is 0 Å². The van der Waals surface area contributed by atoms with Gasteiger partial charge >= 0.3 is 0 Å². The van der Waals surface area contributed by atoms with Crippen LogP contribution in [0, 0.1) is 10.5 Å². The second-order valence-corrected chi connectivity index (χ2v) is 6.59. The minimum atomic E-state index is -0.178. The number of hydrogen-bond acceptors (Lipinski definition) is 1. The van der Waals surface area contributed by atoms with Crippen LogP contribution in [-0.2, 0) is 0 Å². The Bertz CT molecular complexity index is 625. The van der Waals surface area contributed by atoms with Crippen molar-refractivity contribution >= 4 is 61.7 Å². The van der Waals surface area contributed by atoms with Crippen molar-refractivity contribution in [3.05, 3.63) is 60.6 Å². The summed E-state index contributed by atoms with van der Waals surface area (Å²) in [4.78, 5) is 12.1. The van der Waals surface area contributed by atoms with Gasteiger partial charge in [-0.1, -0.05) is 33.6 Å². The van der Waals surface area contributed by atoms with Gasteiger partial charge in [0, 0.05) is 24.3 Å². The Morgan fingerprint density at radius 1 is 1.26 bits per heavy atom. The monoisotopic (exact) mass is 449 g/mol. The van der Waals surface area contributed by atoms with Gasteiger partial charge in [-0.3, -0.25) is 4.79 Å². The first-order valence-electron chi connectivity index (χ1n) is 5.49. The van der Waals surface area contributed by atoms with Crippen molar-refractivity contribution in [2.45, 2.75) is 6.92 Å². The maximum atomic E-state index is 12.1. The molecule has 0 aliphatic heterocycles. The molecule has 2 aromatic carbocycles. The normalized spacial score (nSPS) is 10.3. The van der Waals surface area contributed by atoms with E-state index >= 15 is 0 Å². The van der Waals surface area contributed by atoms with Gasteiger partial charge in [-0.2, -0.15) is 0 Å². The fourth-order valence-electron chi connectivity index (χ4n) is 1.56. The topological polar surface area (TPSA) is 29.1 Å². The molecule has 2 nitrogen and oxygen atoms in total. The van der Waals surface area contributed by atoms with E-state index < -0.39 is 0 Å². The molecule has 0 radical (unpaired) electrons. The van der Waals surface area contributed by atoms with Crippen LogP contribution in [0.25, 0.3) is 0 Å². The minimum absolute atomic E-state index is 0.178. The van der Waals surface area contributed by atoms with E-state index in [0.29, 0.717) is 10.6 Å². The molecule has 5 heteroatoms. The van der Waals surface area contributed by atoms with Gasteiger partial charge in [-0.05, 0) is 65.4 Å². The van der Waals surface area contributed by atoms with Crippen molar-refractivity contribution in [2.24, 2.45) is 0 Å². The van der Waals surface area contributed by atoms with E-state index in [2.05, 4.69) is 43.8 Å². The fraction of sp³-hybridized carbons (Fsp3) is 0.0714. The first-order valence-corrected chi connectivity index (χ1v) is 7.74. The van der Waals surface area contributed by atoms with E-state index in [9.17, 15) is 4.79 Å². The molecular weight excluding hydrogens is 440 g/mol. The number of carbonyl (C=O) groups excluding carboxylic acids is 1. The van der Waals surface area contributed by atoms with Crippen LogP contribution in [-0.4, -0.2) is 5.91 Å². The summed E-state index contributed by atoms with van der Waals surface area (Å²) in [6.45, 7) is 2.03. The van der Waals surface area contributed by atoms with Crippen molar-refractivity contribution in [3.63, 3.8) is 0 Å². The Kier molecular flexibility index (Phi) is 4.86. The zero-order valence-corrected chi connectivity index (χ0v) is 14.5. The number of carbonyl (C=O) groups is 1. The summed E-state index contributed by atoms with van der Waals surface area (Å²) in [6.07, 6.45) is 0. The lowest BCUT2D eigenvalue weighted by Crippen LogP contribution is -2.12. The second-order valence-electron chi connectivity index (χ2n) is 4.08. The molecular formula is C14H10BrClINO. The summed E-state index contributed by atoms with van der Waals surface area (Å²) in [5, 5.41) is 3.38. The number of aryl methyl sites for hydroxylation is 1. The highest BCUT2D eigenvalue weighted by Crippen LogP contribution is 2.21. The molecule has 98 valence electrons. The average Bonchev–Trinajstić information content (AvgIpc) is 2.32. The van der Waals surface area contributed by atoms with Gasteiger partial charge < -0.3 is 5.32 Å². The second kappa shape index (κ2) is 6.24. The standard InChI is InChI=1S/C14H10BrClINO/c1-8-2-3-12(7-13(8)17)18-14(19)9-4-10(15)6-11(16)5-9/h2-7H,1H3,(H,18,19). The van der Waals surface area contributed by atoms with E-state index in [-0.39, 0.29) is 5.91 Å². The van der Waals surface area contributed by atoms with Crippen molar-refractivity contribution in [1.29, 1.82) is 0 Å². The summed E-state index contributed by atoms with van der Waals surface area (Å²) in [5.41, 5.74) is 2.48. The van der Waals surface area contributed by atoms with Crippen molar-refractivity contribution in [3.8, 4) is 0 Å². The molecule has 0 saturated carbocycles. The molecule has 2 aromatic rings. The number of halogens is 3. The van der Waals surface area contributed by atoms with Gasteiger partial charge in [-0.25, -0.2) is 0 Å².